The maximum absolute atomic E-state index is 13.7. The standard InChI is InChI=1S/C30H36ClN3O7.C30H36IN3O7.2CH4.HI.Na.H25P23.H20P18/c2*1-17-9-11-29-14-22(35)25(37)30(29,40)28(17,3)23(41-24(36)15-31)13-21(18(29)2)19-10-12-32-26(38)34(27(39)33(32)16-19)20-7-5-4-6-8-20;;;;;1-13-19(12)22(18(10)11)23(20(14(2)3)15(4)5)21(16(6)7)17(8)9;1-11(2)16(12(3)4)18(15(9)10)17(13(5)6)14(7)8/h2*4-8,10,17-18,21-23,35,40H,9,11-16H2,1-3H3;2*1H4;1H;;13H,1-12H2;1-10H2/q;;;;;+1;;/p-1/t2*17-,18+,21-,22+,23-,28+,29+,30-;;;;;;/m11....../s1. The molecule has 4 bridgehead atoms. The number of hydrogen-bond acceptors (Lipinski definition) is 14. The summed E-state index contributed by atoms with van der Waals surface area (Å²) in [5.74, 6) is -4.16. The molecule has 6 fully saturated rings. The molecule has 20 nitrogen and oxygen atoms in total. The Hall–Kier alpha value is 13.9. The number of carbonyl (C=O) groups is 4. The average molecular weight is 2760 g/mol. The van der Waals surface area contributed by atoms with E-state index in [9.17, 15) is 58.8 Å². The molecule has 2 aromatic carbocycles. The molecule has 0 saturated heterocycles. The summed E-state index contributed by atoms with van der Waals surface area (Å²) in [5.41, 5.74) is -7.01. The first-order chi connectivity index (χ1) is 57.4. The van der Waals surface area contributed by atoms with Crippen LogP contribution in [-0.2, 0) is 54.8 Å². The van der Waals surface area contributed by atoms with Crippen LogP contribution in [-0.4, -0.2) is 118 Å². The Kier molecular flexibility index (Phi) is 59.3. The molecule has 25 unspecified atom stereocenters. The third kappa shape index (κ3) is 27.3. The molecule has 714 valence electrons. The van der Waals surface area contributed by atoms with E-state index in [1.54, 1.807) is 55.5 Å². The fourth-order valence-electron chi connectivity index (χ4n) is 19.7. The minimum absolute atomic E-state index is 0. The number of nitrogens with zero attached hydrogens (tertiary/aromatic N) is 6. The maximum Gasteiger partial charge on any atom is 1.00 e. The van der Waals surface area contributed by atoms with E-state index >= 15 is 0 Å². The van der Waals surface area contributed by atoms with Crippen molar-refractivity contribution in [2.24, 2.45) is 57.2 Å². The zero-order valence-electron chi connectivity index (χ0n) is 69.5. The number of benzene rings is 2. The van der Waals surface area contributed by atoms with Crippen LogP contribution < -0.4 is 76.3 Å². The van der Waals surface area contributed by atoms with Crippen LogP contribution >= 0.6 is 364 Å². The number of aliphatic hydroxyl groups is 4. The van der Waals surface area contributed by atoms with Gasteiger partial charge < -0.3 is 53.9 Å². The van der Waals surface area contributed by atoms with Crippen molar-refractivity contribution in [1.29, 1.82) is 0 Å². The number of alkyl halides is 2. The van der Waals surface area contributed by atoms with Crippen molar-refractivity contribution in [3.8, 4) is 11.4 Å². The van der Waals surface area contributed by atoms with Crippen LogP contribution in [0.2, 0.25) is 0 Å². The second kappa shape index (κ2) is 57.4. The quantitative estimate of drug-likeness (QED) is 0.0120. The Balaban J connectivity index is 0.000000314. The van der Waals surface area contributed by atoms with E-state index in [4.69, 9.17) is 21.1 Å². The molecule has 0 amide bonds. The van der Waals surface area contributed by atoms with Gasteiger partial charge in [0.2, 0.25) is 0 Å². The van der Waals surface area contributed by atoms with Crippen LogP contribution in [0.5, 0.6) is 0 Å². The molecule has 41 atom stereocenters. The molecule has 65 heteroatoms. The minimum atomic E-state index is -1.92. The molecule has 4 N–H and O–H groups in total. The number of halogens is 3. The van der Waals surface area contributed by atoms with Crippen LogP contribution in [0, 0.1) is 57.2 Å². The fourth-order valence-corrected chi connectivity index (χ4v) is 511. The van der Waals surface area contributed by atoms with Crippen molar-refractivity contribution < 1.29 is 103 Å². The Morgan fingerprint density at radius 2 is 0.772 bits per heavy atom. The van der Waals surface area contributed by atoms with Gasteiger partial charge in [-0.2, -0.15) is 0 Å². The smallest absolute Gasteiger partial charge is 1.00 e. The monoisotopic (exact) mass is 2760 g/mol. The van der Waals surface area contributed by atoms with E-state index in [-0.39, 0.29) is 279 Å². The van der Waals surface area contributed by atoms with E-state index in [2.05, 4.69) is 196 Å². The molecule has 2 aromatic heterocycles. The number of ketones is 2. The Morgan fingerprint density at radius 1 is 0.480 bits per heavy atom. The molecule has 4 aromatic rings. The van der Waals surface area contributed by atoms with E-state index in [1.807, 2.05) is 81.5 Å². The van der Waals surface area contributed by atoms with Crippen molar-refractivity contribution in [1.82, 2.24) is 27.9 Å². The van der Waals surface area contributed by atoms with Gasteiger partial charge in [0.1, 0.15) is 41.5 Å². The normalized spacial score (nSPS) is 29.5. The summed E-state index contributed by atoms with van der Waals surface area (Å²) < 4.78 is 20.2. The summed E-state index contributed by atoms with van der Waals surface area (Å²) in [6.45, 7) is 13.6. The summed E-state index contributed by atoms with van der Waals surface area (Å²) >= 11 is 7.80. The number of hydrogen-bond donors (Lipinski definition) is 4. The Labute approximate surface area is 881 Å². The summed E-state index contributed by atoms with van der Waals surface area (Å²) in [7, 11) is 70.7. The van der Waals surface area contributed by atoms with Gasteiger partial charge in [0.15, 0.2) is 11.6 Å². The summed E-state index contributed by atoms with van der Waals surface area (Å²) in [6.07, 6.45) is 2.99. The topological polar surface area (TPSA) is 266 Å². The second-order valence-corrected chi connectivity index (χ2v) is 192. The van der Waals surface area contributed by atoms with Crippen LogP contribution in [0.3, 0.4) is 0 Å². The van der Waals surface area contributed by atoms with Crippen molar-refractivity contribution >= 4 is 388 Å². The van der Waals surface area contributed by atoms with Crippen LogP contribution in [0.25, 0.3) is 11.4 Å². The van der Waals surface area contributed by atoms with E-state index < -0.39 is 104 Å². The summed E-state index contributed by atoms with van der Waals surface area (Å²) in [4.78, 5) is 106. The first-order valence-corrected chi connectivity index (χ1v) is 113. The fraction of sp³-hybridized carbons (Fsp3) is 0.613. The van der Waals surface area contributed by atoms with Crippen LogP contribution in [0.4, 0.5) is 0 Å². The van der Waals surface area contributed by atoms with Gasteiger partial charge in [-0.25, -0.2) is 47.0 Å². The molecule has 4 heterocycles. The molecular formula is C62H125ClI2N6NaO14P41. The minimum Gasteiger partial charge on any atom is -1.00 e. The molecule has 127 heavy (non-hydrogen) atoms. The molecule has 0 radical (unpaired) electrons. The first kappa shape index (κ1) is 131. The molecule has 12 rings (SSSR count). The number of carbonyl (C=O) groups excluding carboxylic acids is 4. The number of aromatic nitrogens is 6. The van der Waals surface area contributed by atoms with Gasteiger partial charge in [0, 0.05) is 21.7 Å². The van der Waals surface area contributed by atoms with Gasteiger partial charge in [0.25, 0.3) is 0 Å². The van der Waals surface area contributed by atoms with Gasteiger partial charge >= 0.3 is 64.3 Å². The summed E-state index contributed by atoms with van der Waals surface area (Å²) in [5, 5.41) is 47.1. The molecule has 6 aliphatic carbocycles. The number of fused-ring (bicyclic) bond motifs is 2. The molecular weight excluding hydrogens is 2630 g/mol. The molecule has 8 aliphatic rings. The van der Waals surface area contributed by atoms with E-state index in [0.717, 1.165) is 28.2 Å². The predicted octanol–water partition coefficient (Wildman–Crippen LogP) is 22.8. The Bertz CT molecular complexity index is 4430. The van der Waals surface area contributed by atoms with Crippen LogP contribution in [0.1, 0.15) is 108 Å². The van der Waals surface area contributed by atoms with Gasteiger partial charge in [-0.1, -0.05) is 135 Å². The largest absolute Gasteiger partial charge is 1.00 e. The van der Waals surface area contributed by atoms with Crippen molar-refractivity contribution in [3.63, 3.8) is 0 Å². The van der Waals surface area contributed by atoms with E-state index in [1.165, 1.54) is 18.7 Å². The average Bonchev–Trinajstić information content (AvgIpc) is 1.51. The zero-order chi connectivity index (χ0) is 92.1. The van der Waals surface area contributed by atoms with Crippen LogP contribution in [0.15, 0.2) is 103 Å². The van der Waals surface area contributed by atoms with Gasteiger partial charge in [-0.15, -0.1) is 208 Å². The number of Topliss-reactive ketones (excluding diaryl/α,β-unsaturated/α-hetero) is 2. The Morgan fingerprint density at radius 3 is 1.06 bits per heavy atom. The number of allylic oxidation sites excluding steroid dienone is 4. The predicted molar refractivity (Wildman–Crippen MR) is 668 cm³/mol. The SMILES string of the molecule is C.C.C[C@@H]1CC[C@@]23C[C@H](O)C(=O)[C@@]2(O)[C@]1(C)[C@H](OC(=O)CCl)C[C@@H](C1=CCn2c(=O)n(-c4ccccc4)c(=O)n2C1)[C@@H]3C.C[C@@H]1CC[C@@]23C[C@H](O)C(=O)[C@@]2(O)[C@]1(C)[C@H](OC(=O)CI)C[C@@H](C1=CCn2c(=O)n(-c4ccccc4)c(=O)n2C1)[C@@H]3C.PP(P)P(P(P)P)P(P(P)P)P(P(P)P)P(P)P.PPP(P)P(P(P)P)P(P(P(P)P)P(P)P)P(P(P)P)P(P)P.[I-].[Na+]. The number of rotatable bonds is 25. The number of aliphatic hydroxyl groups excluding tert-OH is 2. The van der Waals surface area contributed by atoms with Crippen molar-refractivity contribution in [2.45, 2.75) is 170 Å². The van der Waals surface area contributed by atoms with Gasteiger partial charge in [-0.3, -0.25) is 19.2 Å². The summed E-state index contributed by atoms with van der Waals surface area (Å²) in [6, 6.07) is 17.5. The first-order valence-electron chi connectivity index (χ1n) is 37.7. The molecule has 6 saturated carbocycles. The van der Waals surface area contributed by atoms with Gasteiger partial charge in [0.05, 0.1) is 42.0 Å². The van der Waals surface area contributed by atoms with Crippen molar-refractivity contribution in [3.05, 3.63) is 126 Å². The third-order valence-electron chi connectivity index (χ3n) is 25.6. The number of para-hydroxylation sites is 2. The third-order valence-corrected chi connectivity index (χ3v) is 282. The van der Waals surface area contributed by atoms with Crippen molar-refractivity contribution in [2.75, 3.05) is 10.3 Å². The number of esters is 2. The second-order valence-electron chi connectivity index (χ2n) is 31.3. The zero-order valence-corrected chi connectivity index (χ0v) is 119. The molecule has 0 spiro atoms. The number of ether oxygens (including phenoxy) is 2. The molecule has 2 aliphatic heterocycles. The van der Waals surface area contributed by atoms with Gasteiger partial charge in [-0.05, 0) is 248 Å². The maximum atomic E-state index is 13.7. The van der Waals surface area contributed by atoms with E-state index in [0.29, 0.717) is 49.9 Å².